The number of carbonyl (C=O) groups is 1. The van der Waals surface area contributed by atoms with Gasteiger partial charge in [-0.2, -0.15) is 0 Å². The van der Waals surface area contributed by atoms with Crippen molar-refractivity contribution in [3.05, 3.63) is 34.9 Å². The van der Waals surface area contributed by atoms with Crippen LogP contribution in [0.15, 0.2) is 18.2 Å². The topological polar surface area (TPSA) is 55.6 Å². The number of hydrogen-bond donors (Lipinski definition) is 1. The molecule has 2 heterocycles. The summed E-state index contributed by atoms with van der Waals surface area (Å²) in [6, 6.07) is 6.07. The highest BCUT2D eigenvalue weighted by Crippen LogP contribution is 2.29. The van der Waals surface area contributed by atoms with E-state index in [2.05, 4.69) is 13.8 Å². The van der Waals surface area contributed by atoms with Crippen molar-refractivity contribution < 1.29 is 9.53 Å². The Morgan fingerprint density at radius 2 is 2.05 bits per heavy atom. The van der Waals surface area contributed by atoms with Gasteiger partial charge in [-0.1, -0.05) is 19.9 Å². The molecule has 0 aromatic heterocycles. The number of likely N-dealkylation sites (tertiary alicyclic amines) is 1. The molecule has 1 aromatic rings. The Kier molecular flexibility index (Phi) is 4.61. The van der Waals surface area contributed by atoms with Gasteiger partial charge in [0.25, 0.3) is 5.91 Å². The first-order valence-corrected chi connectivity index (χ1v) is 7.22. The van der Waals surface area contributed by atoms with Crippen molar-refractivity contribution in [3.8, 4) is 0 Å². The van der Waals surface area contributed by atoms with Crippen molar-refractivity contribution in [2.24, 2.45) is 11.1 Å². The van der Waals surface area contributed by atoms with Gasteiger partial charge in [-0.05, 0) is 35.1 Å². The highest BCUT2D eigenvalue weighted by atomic mass is 35.5. The molecule has 0 radical (unpaired) electrons. The second kappa shape index (κ2) is 5.95. The molecular weight excluding hydrogens is 288 g/mol. The molecule has 1 aromatic carbocycles. The first-order chi connectivity index (χ1) is 9.47. The van der Waals surface area contributed by atoms with E-state index >= 15 is 0 Å². The normalized spacial score (nSPS) is 23.4. The van der Waals surface area contributed by atoms with E-state index in [-0.39, 0.29) is 29.8 Å². The molecule has 1 fully saturated rings. The molecule has 1 saturated heterocycles. The maximum absolute atomic E-state index is 12.6. The highest BCUT2D eigenvalue weighted by molar-refractivity contribution is 5.94. The molecule has 0 bridgehead atoms. The zero-order valence-corrected chi connectivity index (χ0v) is 13.4. The number of ether oxygens (including phenoxy) is 1. The van der Waals surface area contributed by atoms with Crippen LogP contribution in [0.2, 0.25) is 0 Å². The van der Waals surface area contributed by atoms with Crippen LogP contribution in [-0.2, 0) is 18.0 Å². The van der Waals surface area contributed by atoms with Gasteiger partial charge in [0, 0.05) is 24.7 Å². The minimum Gasteiger partial charge on any atom is -0.372 e. The van der Waals surface area contributed by atoms with Gasteiger partial charge in [0.1, 0.15) is 0 Å². The molecule has 0 spiro atoms. The van der Waals surface area contributed by atoms with E-state index in [1.54, 1.807) is 0 Å². The van der Waals surface area contributed by atoms with E-state index in [1.807, 2.05) is 23.1 Å². The monoisotopic (exact) mass is 310 g/mol. The Hall–Kier alpha value is -1.10. The molecular formula is C16H23ClN2O2. The van der Waals surface area contributed by atoms with Gasteiger partial charge in [-0.15, -0.1) is 12.4 Å². The molecule has 5 heteroatoms. The van der Waals surface area contributed by atoms with Crippen molar-refractivity contribution >= 4 is 18.3 Å². The van der Waals surface area contributed by atoms with Gasteiger partial charge in [0.2, 0.25) is 0 Å². The lowest BCUT2D eigenvalue weighted by Crippen LogP contribution is -2.54. The Bertz CT molecular complexity index is 545. The van der Waals surface area contributed by atoms with Gasteiger partial charge in [0.15, 0.2) is 0 Å². The van der Waals surface area contributed by atoms with Crippen molar-refractivity contribution in [3.63, 3.8) is 0 Å². The molecule has 3 rings (SSSR count). The van der Waals surface area contributed by atoms with Crippen LogP contribution in [0.1, 0.15) is 41.8 Å². The maximum atomic E-state index is 12.6. The number of benzene rings is 1. The van der Waals surface area contributed by atoms with E-state index in [0.717, 1.165) is 30.6 Å². The van der Waals surface area contributed by atoms with Gasteiger partial charge in [-0.3, -0.25) is 4.79 Å². The Morgan fingerprint density at radius 1 is 1.33 bits per heavy atom. The van der Waals surface area contributed by atoms with E-state index in [0.29, 0.717) is 13.2 Å². The molecule has 0 aliphatic carbocycles. The minimum atomic E-state index is -0.0201. The summed E-state index contributed by atoms with van der Waals surface area (Å²) in [5.74, 6) is 0.111. The molecule has 4 nitrogen and oxygen atoms in total. The predicted octanol–water partition coefficient (Wildman–Crippen LogP) is 2.34. The average Bonchev–Trinajstić information content (AvgIpc) is 2.88. The molecule has 1 unspecified atom stereocenters. The summed E-state index contributed by atoms with van der Waals surface area (Å²) in [5, 5.41) is 0. The maximum Gasteiger partial charge on any atom is 0.253 e. The van der Waals surface area contributed by atoms with E-state index in [4.69, 9.17) is 10.5 Å². The lowest BCUT2D eigenvalue weighted by Gasteiger charge is -2.42. The van der Waals surface area contributed by atoms with Crippen LogP contribution in [-0.4, -0.2) is 29.9 Å². The largest absolute Gasteiger partial charge is 0.372 e. The van der Waals surface area contributed by atoms with Crippen LogP contribution in [0.25, 0.3) is 0 Å². The van der Waals surface area contributed by atoms with Gasteiger partial charge in [-0.25, -0.2) is 0 Å². The average molecular weight is 311 g/mol. The van der Waals surface area contributed by atoms with Crippen molar-refractivity contribution in [1.82, 2.24) is 4.90 Å². The van der Waals surface area contributed by atoms with Crippen LogP contribution in [0.4, 0.5) is 0 Å². The molecule has 2 N–H and O–H groups in total. The van der Waals surface area contributed by atoms with Gasteiger partial charge >= 0.3 is 0 Å². The summed E-state index contributed by atoms with van der Waals surface area (Å²) in [6.07, 6.45) is 0.868. The minimum absolute atomic E-state index is 0. The molecule has 1 atom stereocenters. The number of halogens is 1. The van der Waals surface area contributed by atoms with Crippen molar-refractivity contribution in [2.75, 3.05) is 13.1 Å². The Balaban J connectivity index is 0.00000161. The Labute approximate surface area is 132 Å². The quantitative estimate of drug-likeness (QED) is 0.866. The number of amides is 1. The van der Waals surface area contributed by atoms with Crippen LogP contribution >= 0.6 is 12.4 Å². The van der Waals surface area contributed by atoms with Crippen LogP contribution < -0.4 is 5.73 Å². The highest BCUT2D eigenvalue weighted by Gasteiger charge is 2.35. The number of nitrogens with zero attached hydrogens (tertiary/aromatic N) is 1. The zero-order valence-electron chi connectivity index (χ0n) is 12.6. The SMILES string of the molecule is CC1(C)CN(C(=O)c2ccc3c(c2)COC3)CCC1N.Cl. The summed E-state index contributed by atoms with van der Waals surface area (Å²) in [6.45, 7) is 7.01. The lowest BCUT2D eigenvalue weighted by molar-refractivity contribution is 0.0533. The number of carbonyl (C=O) groups excluding carboxylic acids is 1. The third kappa shape index (κ3) is 3.07. The molecule has 116 valence electrons. The first-order valence-electron chi connectivity index (χ1n) is 7.22. The number of piperidine rings is 1. The summed E-state index contributed by atoms with van der Waals surface area (Å²) in [4.78, 5) is 14.6. The van der Waals surface area contributed by atoms with Crippen molar-refractivity contribution in [1.29, 1.82) is 0 Å². The lowest BCUT2D eigenvalue weighted by atomic mass is 9.79. The predicted molar refractivity (Wildman–Crippen MR) is 84.5 cm³/mol. The van der Waals surface area contributed by atoms with Gasteiger partial charge < -0.3 is 15.4 Å². The fourth-order valence-electron chi connectivity index (χ4n) is 3.03. The van der Waals surface area contributed by atoms with E-state index in [1.165, 1.54) is 5.56 Å². The summed E-state index contributed by atoms with van der Waals surface area (Å²) >= 11 is 0. The number of fused-ring (bicyclic) bond motifs is 1. The number of nitrogens with two attached hydrogens (primary N) is 1. The van der Waals surface area contributed by atoms with Crippen molar-refractivity contribution in [2.45, 2.75) is 39.5 Å². The second-order valence-electron chi connectivity index (χ2n) is 6.59. The number of hydrogen-bond acceptors (Lipinski definition) is 3. The first kappa shape index (κ1) is 16.3. The zero-order chi connectivity index (χ0) is 14.3. The van der Waals surface area contributed by atoms with Crippen LogP contribution in [0, 0.1) is 5.41 Å². The standard InChI is InChI=1S/C16H22N2O2.ClH/c1-16(2)10-18(6-5-14(16)17)15(19)11-3-4-12-8-20-9-13(12)7-11;/h3-4,7,14H,5-6,8-10,17H2,1-2H3;1H. The molecule has 0 saturated carbocycles. The van der Waals surface area contributed by atoms with E-state index < -0.39 is 0 Å². The smallest absolute Gasteiger partial charge is 0.253 e. The molecule has 21 heavy (non-hydrogen) atoms. The molecule has 2 aliphatic heterocycles. The fourth-order valence-corrected chi connectivity index (χ4v) is 3.03. The molecule has 1 amide bonds. The second-order valence-corrected chi connectivity index (χ2v) is 6.59. The summed E-state index contributed by atoms with van der Waals surface area (Å²) in [5.41, 5.74) is 9.22. The Morgan fingerprint density at radius 3 is 2.76 bits per heavy atom. The van der Waals surface area contributed by atoms with Crippen LogP contribution in [0.5, 0.6) is 0 Å². The third-order valence-electron chi connectivity index (χ3n) is 4.57. The van der Waals surface area contributed by atoms with E-state index in [9.17, 15) is 4.79 Å². The fraction of sp³-hybridized carbons (Fsp3) is 0.562. The van der Waals surface area contributed by atoms with Crippen LogP contribution in [0.3, 0.4) is 0 Å². The van der Waals surface area contributed by atoms with Gasteiger partial charge in [0.05, 0.1) is 13.2 Å². The third-order valence-corrected chi connectivity index (χ3v) is 4.57. The summed E-state index contributed by atoms with van der Waals surface area (Å²) < 4.78 is 5.40. The summed E-state index contributed by atoms with van der Waals surface area (Å²) in [7, 11) is 0. The number of rotatable bonds is 1. The molecule has 2 aliphatic rings.